The van der Waals surface area contributed by atoms with Crippen LogP contribution in [0.3, 0.4) is 0 Å². The lowest BCUT2D eigenvalue weighted by Crippen LogP contribution is -2.19. The molecule has 84 valence electrons. The molecule has 1 heterocycles. The summed E-state index contributed by atoms with van der Waals surface area (Å²) in [4.78, 5) is 4.21. The zero-order chi connectivity index (χ0) is 10.7. The number of nitrogens with two attached hydrogens (primary N) is 1. The van der Waals surface area contributed by atoms with Crippen molar-refractivity contribution in [3.8, 4) is 0 Å². The molecule has 3 nitrogen and oxygen atoms in total. The quantitative estimate of drug-likeness (QED) is 0.854. The fourth-order valence-electron chi connectivity index (χ4n) is 2.42. The lowest BCUT2D eigenvalue weighted by molar-refractivity contribution is 0.510. The minimum absolute atomic E-state index is 0.597. The Bertz CT molecular complexity index is 311. The maximum Gasteiger partial charge on any atom is 0.0951 e. The SMILES string of the molecule is CCSC1CCCC1n1cncc1CN. The lowest BCUT2D eigenvalue weighted by atomic mass is 10.2. The number of nitrogens with zero attached hydrogens (tertiary/aromatic N) is 2. The van der Waals surface area contributed by atoms with Crippen LogP contribution in [0.2, 0.25) is 0 Å². The molecule has 1 aromatic rings. The van der Waals surface area contributed by atoms with Crippen molar-refractivity contribution < 1.29 is 0 Å². The smallest absolute Gasteiger partial charge is 0.0951 e. The van der Waals surface area contributed by atoms with Crippen molar-refractivity contribution in [3.63, 3.8) is 0 Å². The summed E-state index contributed by atoms with van der Waals surface area (Å²) in [6, 6.07) is 0.621. The Kier molecular flexibility index (Phi) is 3.70. The highest BCUT2D eigenvalue weighted by atomic mass is 32.2. The zero-order valence-electron chi connectivity index (χ0n) is 9.22. The van der Waals surface area contributed by atoms with Crippen molar-refractivity contribution in [2.24, 2.45) is 5.73 Å². The number of rotatable bonds is 4. The Labute approximate surface area is 95.4 Å². The normalized spacial score (nSPS) is 26.0. The first-order chi connectivity index (χ1) is 7.36. The molecule has 2 atom stereocenters. The van der Waals surface area contributed by atoms with Gasteiger partial charge in [0.1, 0.15) is 0 Å². The Hall–Kier alpha value is -0.480. The zero-order valence-corrected chi connectivity index (χ0v) is 10.0. The van der Waals surface area contributed by atoms with E-state index in [2.05, 4.69) is 28.2 Å². The fourth-order valence-corrected chi connectivity index (χ4v) is 3.67. The molecule has 1 aliphatic carbocycles. The molecule has 0 saturated heterocycles. The van der Waals surface area contributed by atoms with Crippen molar-refractivity contribution in [2.75, 3.05) is 5.75 Å². The topological polar surface area (TPSA) is 43.8 Å². The van der Waals surface area contributed by atoms with E-state index >= 15 is 0 Å². The summed E-state index contributed by atoms with van der Waals surface area (Å²) in [6.07, 6.45) is 7.80. The van der Waals surface area contributed by atoms with Crippen LogP contribution >= 0.6 is 11.8 Å². The highest BCUT2D eigenvalue weighted by molar-refractivity contribution is 7.99. The van der Waals surface area contributed by atoms with Crippen molar-refractivity contribution in [1.29, 1.82) is 0 Å². The molecule has 1 saturated carbocycles. The molecule has 1 aliphatic rings. The Morgan fingerprint density at radius 1 is 1.60 bits per heavy atom. The van der Waals surface area contributed by atoms with Gasteiger partial charge in [0.15, 0.2) is 0 Å². The van der Waals surface area contributed by atoms with Gasteiger partial charge in [0.25, 0.3) is 0 Å². The summed E-state index contributed by atoms with van der Waals surface area (Å²) in [7, 11) is 0. The largest absolute Gasteiger partial charge is 0.329 e. The van der Waals surface area contributed by atoms with Crippen LogP contribution in [0.15, 0.2) is 12.5 Å². The van der Waals surface area contributed by atoms with Gasteiger partial charge in [-0.15, -0.1) is 0 Å². The monoisotopic (exact) mass is 225 g/mol. The van der Waals surface area contributed by atoms with E-state index in [0.717, 1.165) is 5.25 Å². The number of imidazole rings is 1. The first kappa shape index (κ1) is 11.0. The Morgan fingerprint density at radius 3 is 3.20 bits per heavy atom. The molecule has 4 heteroatoms. The molecular weight excluding hydrogens is 206 g/mol. The number of hydrogen-bond donors (Lipinski definition) is 1. The third-order valence-corrected chi connectivity index (χ3v) is 4.42. The maximum absolute atomic E-state index is 5.71. The van der Waals surface area contributed by atoms with Crippen LogP contribution in [0.4, 0.5) is 0 Å². The van der Waals surface area contributed by atoms with Crippen LogP contribution in [0.5, 0.6) is 0 Å². The van der Waals surface area contributed by atoms with Crippen molar-refractivity contribution >= 4 is 11.8 Å². The average molecular weight is 225 g/mol. The molecule has 0 spiro atoms. The molecule has 0 radical (unpaired) electrons. The predicted octanol–water partition coefficient (Wildman–Crippen LogP) is 2.19. The fraction of sp³-hybridized carbons (Fsp3) is 0.727. The second kappa shape index (κ2) is 5.03. The van der Waals surface area contributed by atoms with E-state index in [1.54, 1.807) is 0 Å². The highest BCUT2D eigenvalue weighted by Gasteiger charge is 2.29. The van der Waals surface area contributed by atoms with E-state index in [-0.39, 0.29) is 0 Å². The summed E-state index contributed by atoms with van der Waals surface area (Å²) in [5.74, 6) is 1.20. The van der Waals surface area contributed by atoms with E-state index in [1.165, 1.54) is 30.7 Å². The summed E-state index contributed by atoms with van der Waals surface area (Å²) in [5, 5.41) is 0.759. The van der Waals surface area contributed by atoms with Crippen LogP contribution < -0.4 is 5.73 Å². The maximum atomic E-state index is 5.71. The van der Waals surface area contributed by atoms with Gasteiger partial charge in [0.05, 0.1) is 12.0 Å². The van der Waals surface area contributed by atoms with Gasteiger partial charge in [-0.3, -0.25) is 0 Å². The Morgan fingerprint density at radius 2 is 2.47 bits per heavy atom. The molecule has 0 amide bonds. The van der Waals surface area contributed by atoms with Crippen LogP contribution in [0, 0.1) is 0 Å². The molecule has 0 aromatic carbocycles. The van der Waals surface area contributed by atoms with Gasteiger partial charge < -0.3 is 10.3 Å². The molecule has 1 fully saturated rings. The third-order valence-electron chi connectivity index (χ3n) is 3.11. The molecule has 0 bridgehead atoms. The van der Waals surface area contributed by atoms with Gasteiger partial charge in [0.2, 0.25) is 0 Å². The van der Waals surface area contributed by atoms with Crippen LogP contribution in [-0.4, -0.2) is 20.6 Å². The van der Waals surface area contributed by atoms with Crippen LogP contribution in [-0.2, 0) is 6.54 Å². The molecule has 1 aromatic heterocycles. The predicted molar refractivity (Wildman–Crippen MR) is 64.9 cm³/mol. The van der Waals surface area contributed by atoms with Gasteiger partial charge in [-0.05, 0) is 18.6 Å². The first-order valence-electron chi connectivity index (χ1n) is 5.69. The standard InChI is InChI=1S/C11H19N3S/c1-2-15-11-5-3-4-10(11)14-8-13-7-9(14)6-12/h7-8,10-11H,2-6,12H2,1H3. The van der Waals surface area contributed by atoms with E-state index in [1.807, 2.05) is 12.5 Å². The van der Waals surface area contributed by atoms with Crippen molar-refractivity contribution in [3.05, 3.63) is 18.2 Å². The summed E-state index contributed by atoms with van der Waals surface area (Å²) in [6.45, 7) is 2.83. The molecule has 15 heavy (non-hydrogen) atoms. The number of hydrogen-bond acceptors (Lipinski definition) is 3. The minimum Gasteiger partial charge on any atom is -0.329 e. The first-order valence-corrected chi connectivity index (χ1v) is 6.74. The number of thioether (sulfide) groups is 1. The molecular formula is C11H19N3S. The minimum atomic E-state index is 0.597. The van der Waals surface area contributed by atoms with Gasteiger partial charge in [-0.2, -0.15) is 11.8 Å². The highest BCUT2D eigenvalue weighted by Crippen LogP contribution is 2.38. The molecule has 2 rings (SSSR count). The van der Waals surface area contributed by atoms with Gasteiger partial charge in [0, 0.05) is 24.0 Å². The van der Waals surface area contributed by atoms with E-state index < -0.39 is 0 Å². The summed E-state index contributed by atoms with van der Waals surface area (Å²) >= 11 is 2.07. The van der Waals surface area contributed by atoms with Gasteiger partial charge in [-0.25, -0.2) is 4.98 Å². The van der Waals surface area contributed by atoms with Crippen molar-refractivity contribution in [2.45, 2.75) is 44.0 Å². The second-order valence-electron chi connectivity index (χ2n) is 3.99. The van der Waals surface area contributed by atoms with Crippen LogP contribution in [0.1, 0.15) is 37.9 Å². The van der Waals surface area contributed by atoms with E-state index in [4.69, 9.17) is 5.73 Å². The molecule has 2 N–H and O–H groups in total. The van der Waals surface area contributed by atoms with Gasteiger partial charge >= 0.3 is 0 Å². The summed E-state index contributed by atoms with van der Waals surface area (Å²) < 4.78 is 2.29. The average Bonchev–Trinajstić information content (AvgIpc) is 2.84. The second-order valence-corrected chi connectivity index (χ2v) is 5.50. The van der Waals surface area contributed by atoms with E-state index in [9.17, 15) is 0 Å². The lowest BCUT2D eigenvalue weighted by Gasteiger charge is -2.21. The Balaban J connectivity index is 2.15. The number of aromatic nitrogens is 2. The third kappa shape index (κ3) is 2.21. The van der Waals surface area contributed by atoms with Gasteiger partial charge in [-0.1, -0.05) is 13.3 Å². The summed E-state index contributed by atoms with van der Waals surface area (Å²) in [5.41, 5.74) is 6.88. The van der Waals surface area contributed by atoms with Crippen LogP contribution in [0.25, 0.3) is 0 Å². The van der Waals surface area contributed by atoms with E-state index in [0.29, 0.717) is 12.6 Å². The molecule has 0 aliphatic heterocycles. The molecule has 2 unspecified atom stereocenters. The van der Waals surface area contributed by atoms with Crippen molar-refractivity contribution in [1.82, 2.24) is 9.55 Å².